The molecule has 0 radical (unpaired) electrons. The van der Waals surface area contributed by atoms with E-state index in [1.54, 1.807) is 10.5 Å². The van der Waals surface area contributed by atoms with Crippen molar-refractivity contribution in [2.75, 3.05) is 13.1 Å². The second-order valence-corrected chi connectivity index (χ2v) is 7.46. The van der Waals surface area contributed by atoms with Crippen molar-refractivity contribution in [2.24, 2.45) is 0 Å². The van der Waals surface area contributed by atoms with Crippen LogP contribution in [0.25, 0.3) is 0 Å². The highest BCUT2D eigenvalue weighted by atomic mass is 32.2. The molecule has 0 aliphatic heterocycles. The van der Waals surface area contributed by atoms with Crippen molar-refractivity contribution in [3.63, 3.8) is 0 Å². The van der Waals surface area contributed by atoms with Gasteiger partial charge in [-0.15, -0.1) is 0 Å². The molecule has 1 saturated carbocycles. The molecule has 0 unspecified atom stereocenters. The minimum atomic E-state index is -3.35. The fourth-order valence-electron chi connectivity index (χ4n) is 2.62. The Morgan fingerprint density at radius 2 is 2.05 bits per heavy atom. The molecule has 1 heterocycles. The Hall–Kier alpha value is -0.850. The van der Waals surface area contributed by atoms with Gasteiger partial charge in [0, 0.05) is 37.6 Å². The molecular weight excluding hydrogens is 286 g/mol. The summed E-state index contributed by atoms with van der Waals surface area (Å²) in [5, 5.41) is 3.34. The summed E-state index contributed by atoms with van der Waals surface area (Å²) < 4.78 is 29.2. The van der Waals surface area contributed by atoms with Crippen molar-refractivity contribution in [3.8, 4) is 0 Å². The van der Waals surface area contributed by atoms with Crippen LogP contribution in [0, 0.1) is 0 Å². The summed E-state index contributed by atoms with van der Waals surface area (Å²) in [5.74, 6) is 0. The first-order valence-electron chi connectivity index (χ1n) is 7.96. The number of hydrogen-bond acceptors (Lipinski definition) is 3. The first-order valence-corrected chi connectivity index (χ1v) is 9.40. The molecule has 0 amide bonds. The van der Waals surface area contributed by atoms with E-state index >= 15 is 0 Å². The van der Waals surface area contributed by atoms with Crippen LogP contribution in [0.15, 0.2) is 17.2 Å². The number of sulfonamides is 1. The maximum Gasteiger partial charge on any atom is 0.244 e. The van der Waals surface area contributed by atoms with E-state index in [0.717, 1.165) is 38.0 Å². The van der Waals surface area contributed by atoms with E-state index < -0.39 is 10.0 Å². The molecule has 6 heteroatoms. The van der Waals surface area contributed by atoms with Crippen LogP contribution in [0.2, 0.25) is 0 Å². The lowest BCUT2D eigenvalue weighted by molar-refractivity contribution is 0.421. The lowest BCUT2D eigenvalue weighted by Gasteiger charge is -2.18. The largest absolute Gasteiger partial charge is 0.349 e. The molecule has 1 aromatic heterocycles. The van der Waals surface area contributed by atoms with E-state index in [9.17, 15) is 8.42 Å². The SMILES string of the molecule is CCCNCc1cc(S(=O)(=O)N(CC)C2CC2)cn1CC. The van der Waals surface area contributed by atoms with E-state index in [1.807, 2.05) is 24.5 Å². The first kappa shape index (κ1) is 16.5. The minimum absolute atomic E-state index is 0.214. The lowest BCUT2D eigenvalue weighted by Crippen LogP contribution is -2.32. The summed E-state index contributed by atoms with van der Waals surface area (Å²) in [4.78, 5) is 0.436. The average Bonchev–Trinajstić information content (AvgIpc) is 3.18. The van der Waals surface area contributed by atoms with Crippen LogP contribution in [0.4, 0.5) is 0 Å². The molecular formula is C15H27N3O2S. The van der Waals surface area contributed by atoms with Crippen molar-refractivity contribution >= 4 is 10.0 Å². The van der Waals surface area contributed by atoms with E-state index in [-0.39, 0.29) is 6.04 Å². The Labute approximate surface area is 128 Å². The standard InChI is InChI=1S/C15H27N3O2S/c1-4-9-16-11-14-10-15(12-17(14)5-2)21(19,20)18(6-3)13-7-8-13/h10,12-13,16H,4-9,11H2,1-3H3. The minimum Gasteiger partial charge on any atom is -0.349 e. The summed E-state index contributed by atoms with van der Waals surface area (Å²) in [6.07, 6.45) is 4.84. The highest BCUT2D eigenvalue weighted by Crippen LogP contribution is 2.32. The Morgan fingerprint density at radius 3 is 2.57 bits per heavy atom. The third-order valence-corrected chi connectivity index (χ3v) is 5.90. The predicted molar refractivity (Wildman–Crippen MR) is 84.7 cm³/mol. The van der Waals surface area contributed by atoms with Crippen LogP contribution in [-0.2, 0) is 23.1 Å². The highest BCUT2D eigenvalue weighted by Gasteiger charge is 2.37. The Balaban J connectivity index is 2.22. The van der Waals surface area contributed by atoms with Gasteiger partial charge in [0.25, 0.3) is 0 Å². The molecule has 0 saturated heterocycles. The van der Waals surface area contributed by atoms with Gasteiger partial charge in [-0.3, -0.25) is 0 Å². The number of nitrogens with one attached hydrogen (secondary N) is 1. The van der Waals surface area contributed by atoms with Gasteiger partial charge in [0.15, 0.2) is 0 Å². The molecule has 0 atom stereocenters. The number of aromatic nitrogens is 1. The monoisotopic (exact) mass is 313 g/mol. The van der Waals surface area contributed by atoms with E-state index in [4.69, 9.17) is 0 Å². The highest BCUT2D eigenvalue weighted by molar-refractivity contribution is 7.89. The maximum atomic E-state index is 12.7. The molecule has 2 rings (SSSR count). The van der Waals surface area contributed by atoms with Crippen molar-refractivity contribution in [3.05, 3.63) is 18.0 Å². The van der Waals surface area contributed by atoms with Crippen molar-refractivity contribution < 1.29 is 8.42 Å². The first-order chi connectivity index (χ1) is 10.0. The Kier molecular flexibility index (Phi) is 5.46. The Bertz CT molecular complexity index is 561. The van der Waals surface area contributed by atoms with Crippen LogP contribution in [-0.4, -0.2) is 36.4 Å². The van der Waals surface area contributed by atoms with Crippen LogP contribution in [0.1, 0.15) is 45.7 Å². The Morgan fingerprint density at radius 1 is 1.33 bits per heavy atom. The molecule has 120 valence electrons. The number of rotatable bonds is 9. The smallest absolute Gasteiger partial charge is 0.244 e. The van der Waals surface area contributed by atoms with Gasteiger partial charge in [0.1, 0.15) is 4.90 Å². The molecule has 1 N–H and O–H groups in total. The van der Waals surface area contributed by atoms with Gasteiger partial charge in [-0.1, -0.05) is 13.8 Å². The topological polar surface area (TPSA) is 54.3 Å². The molecule has 0 bridgehead atoms. The second kappa shape index (κ2) is 6.94. The van der Waals surface area contributed by atoms with Gasteiger partial charge >= 0.3 is 0 Å². The zero-order valence-electron chi connectivity index (χ0n) is 13.3. The maximum absolute atomic E-state index is 12.7. The van der Waals surface area contributed by atoms with Gasteiger partial charge in [-0.25, -0.2) is 8.42 Å². The van der Waals surface area contributed by atoms with Gasteiger partial charge in [0.2, 0.25) is 10.0 Å². The summed E-state index contributed by atoms with van der Waals surface area (Å²) >= 11 is 0. The third kappa shape index (κ3) is 3.67. The molecule has 1 fully saturated rings. The molecule has 1 aromatic rings. The summed E-state index contributed by atoms with van der Waals surface area (Å²) in [6.45, 7) is 9.07. The molecule has 1 aliphatic carbocycles. The fraction of sp³-hybridized carbons (Fsp3) is 0.733. The number of aryl methyl sites for hydroxylation is 1. The summed E-state index contributed by atoms with van der Waals surface area (Å²) in [6, 6.07) is 2.04. The number of hydrogen-bond donors (Lipinski definition) is 1. The van der Waals surface area contributed by atoms with Crippen molar-refractivity contribution in [2.45, 2.75) is 64.1 Å². The fourth-order valence-corrected chi connectivity index (χ4v) is 4.38. The van der Waals surface area contributed by atoms with E-state index in [0.29, 0.717) is 18.0 Å². The molecule has 21 heavy (non-hydrogen) atoms. The normalized spacial score (nSPS) is 15.8. The molecule has 0 aromatic carbocycles. The number of nitrogens with zero attached hydrogens (tertiary/aromatic N) is 2. The average molecular weight is 313 g/mol. The third-order valence-electron chi connectivity index (χ3n) is 3.91. The van der Waals surface area contributed by atoms with Gasteiger partial charge in [-0.2, -0.15) is 4.31 Å². The van der Waals surface area contributed by atoms with Gasteiger partial charge < -0.3 is 9.88 Å². The van der Waals surface area contributed by atoms with Crippen LogP contribution in [0.5, 0.6) is 0 Å². The zero-order valence-corrected chi connectivity index (χ0v) is 14.1. The van der Waals surface area contributed by atoms with Crippen molar-refractivity contribution in [1.82, 2.24) is 14.2 Å². The predicted octanol–water partition coefficient (Wildman–Crippen LogP) is 2.18. The zero-order chi connectivity index (χ0) is 15.5. The van der Waals surface area contributed by atoms with Crippen LogP contribution in [0.3, 0.4) is 0 Å². The summed E-state index contributed by atoms with van der Waals surface area (Å²) in [7, 11) is -3.35. The van der Waals surface area contributed by atoms with Gasteiger partial charge in [0.05, 0.1) is 0 Å². The second-order valence-electron chi connectivity index (χ2n) is 5.57. The van der Waals surface area contributed by atoms with E-state index in [2.05, 4.69) is 12.2 Å². The van der Waals surface area contributed by atoms with Crippen LogP contribution < -0.4 is 5.32 Å². The van der Waals surface area contributed by atoms with Crippen LogP contribution >= 0.6 is 0 Å². The van der Waals surface area contributed by atoms with Crippen molar-refractivity contribution in [1.29, 1.82) is 0 Å². The molecule has 1 aliphatic rings. The quantitative estimate of drug-likeness (QED) is 0.711. The molecule has 0 spiro atoms. The summed E-state index contributed by atoms with van der Waals surface area (Å²) in [5.41, 5.74) is 1.04. The van der Waals surface area contributed by atoms with Gasteiger partial charge in [-0.05, 0) is 38.8 Å². The molecule has 5 nitrogen and oxygen atoms in total. The lowest BCUT2D eigenvalue weighted by atomic mass is 10.4. The van der Waals surface area contributed by atoms with E-state index in [1.165, 1.54) is 0 Å².